The van der Waals surface area contributed by atoms with Crippen LogP contribution in [0, 0.1) is 0 Å². The number of hydrogen-bond acceptors (Lipinski definition) is 3. The highest BCUT2D eigenvalue weighted by Gasteiger charge is 2.34. The number of nitrogens with zero attached hydrogens (tertiary/aromatic N) is 1. The van der Waals surface area contributed by atoms with Crippen molar-refractivity contribution in [3.05, 3.63) is 22.7 Å². The van der Waals surface area contributed by atoms with Crippen molar-refractivity contribution >= 4 is 45.0 Å². The van der Waals surface area contributed by atoms with Gasteiger partial charge in [-0.2, -0.15) is 11.8 Å². The third-order valence-corrected chi connectivity index (χ3v) is 4.47. The first-order chi connectivity index (χ1) is 7.75. The molecule has 1 fully saturated rings. The topological polar surface area (TPSA) is 32.3 Å². The van der Waals surface area contributed by atoms with Crippen molar-refractivity contribution in [3.8, 4) is 0 Å². The molecule has 1 amide bonds. The summed E-state index contributed by atoms with van der Waals surface area (Å²) in [6, 6.07) is 6.06. The molecule has 1 saturated heterocycles. The van der Waals surface area contributed by atoms with Crippen molar-refractivity contribution in [1.29, 1.82) is 0 Å². The molecule has 5 heteroatoms. The number of halogens is 1. The largest absolute Gasteiger partial charge is 0.356 e. The average Bonchev–Trinajstić information content (AvgIpc) is 2.29. The van der Waals surface area contributed by atoms with Gasteiger partial charge >= 0.3 is 0 Å². The lowest BCUT2D eigenvalue weighted by Gasteiger charge is -2.40. The van der Waals surface area contributed by atoms with E-state index in [0.717, 1.165) is 33.9 Å². The van der Waals surface area contributed by atoms with Crippen LogP contribution in [-0.4, -0.2) is 30.0 Å². The summed E-state index contributed by atoms with van der Waals surface area (Å²) in [6.07, 6.45) is 0. The number of fused-ring (bicyclic) bond motifs is 3. The number of hydrogen-bond donors (Lipinski definition) is 1. The zero-order valence-electron chi connectivity index (χ0n) is 8.57. The lowest BCUT2D eigenvalue weighted by molar-refractivity contribution is -0.117. The van der Waals surface area contributed by atoms with Crippen LogP contribution in [0.1, 0.15) is 0 Å². The number of nitrogens with one attached hydrogen (secondary N) is 1. The van der Waals surface area contributed by atoms with Gasteiger partial charge in [0.2, 0.25) is 5.91 Å². The Labute approximate surface area is 107 Å². The van der Waals surface area contributed by atoms with E-state index in [1.54, 1.807) is 0 Å². The molecule has 1 N–H and O–H groups in total. The van der Waals surface area contributed by atoms with Gasteiger partial charge in [0.25, 0.3) is 0 Å². The smallest absolute Gasteiger partial charge is 0.247 e. The number of anilines is 2. The Bertz CT molecular complexity index is 452. The van der Waals surface area contributed by atoms with Crippen molar-refractivity contribution < 1.29 is 4.79 Å². The molecular weight excluding hydrogens is 288 g/mol. The van der Waals surface area contributed by atoms with Crippen molar-refractivity contribution in [3.63, 3.8) is 0 Å². The van der Waals surface area contributed by atoms with Gasteiger partial charge in [0, 0.05) is 22.5 Å². The molecule has 1 unspecified atom stereocenters. The Kier molecular flexibility index (Phi) is 2.59. The lowest BCUT2D eigenvalue weighted by Crippen LogP contribution is -2.52. The summed E-state index contributed by atoms with van der Waals surface area (Å²) in [5.41, 5.74) is 2.07. The van der Waals surface area contributed by atoms with Crippen LogP contribution < -0.4 is 10.2 Å². The number of benzene rings is 1. The van der Waals surface area contributed by atoms with Gasteiger partial charge in [0.15, 0.2) is 0 Å². The van der Waals surface area contributed by atoms with Gasteiger partial charge in [0.05, 0.1) is 11.4 Å². The number of carbonyl (C=O) groups is 1. The van der Waals surface area contributed by atoms with E-state index in [9.17, 15) is 4.79 Å². The molecule has 1 aromatic carbocycles. The van der Waals surface area contributed by atoms with Gasteiger partial charge < -0.3 is 10.2 Å². The maximum atomic E-state index is 11.9. The van der Waals surface area contributed by atoms with E-state index in [2.05, 4.69) is 32.2 Å². The molecule has 1 aromatic rings. The summed E-state index contributed by atoms with van der Waals surface area (Å²) in [5, 5.41) is 2.98. The van der Waals surface area contributed by atoms with Gasteiger partial charge in [0.1, 0.15) is 6.04 Å². The molecule has 0 saturated carbocycles. The van der Waals surface area contributed by atoms with Crippen molar-refractivity contribution in [1.82, 2.24) is 0 Å². The first kappa shape index (κ1) is 10.5. The molecule has 0 spiro atoms. The van der Waals surface area contributed by atoms with E-state index in [0.29, 0.717) is 0 Å². The molecule has 0 aliphatic carbocycles. The summed E-state index contributed by atoms with van der Waals surface area (Å²) in [7, 11) is 0. The molecule has 2 aliphatic heterocycles. The van der Waals surface area contributed by atoms with Gasteiger partial charge in [-0.15, -0.1) is 0 Å². The molecule has 2 heterocycles. The van der Waals surface area contributed by atoms with E-state index < -0.39 is 0 Å². The predicted octanol–water partition coefficient (Wildman–Crippen LogP) is 2.32. The van der Waals surface area contributed by atoms with E-state index in [1.807, 2.05) is 23.9 Å². The summed E-state index contributed by atoms with van der Waals surface area (Å²) in [6.45, 7) is 0.956. The second-order valence-electron chi connectivity index (χ2n) is 3.93. The highest BCUT2D eigenvalue weighted by molar-refractivity contribution is 9.10. The fourth-order valence-electron chi connectivity index (χ4n) is 2.18. The van der Waals surface area contributed by atoms with E-state index in [-0.39, 0.29) is 11.9 Å². The average molecular weight is 299 g/mol. The number of amides is 1. The molecule has 1 atom stereocenters. The highest BCUT2D eigenvalue weighted by Crippen LogP contribution is 2.36. The minimum atomic E-state index is 0.00688. The first-order valence-corrected chi connectivity index (χ1v) is 7.15. The fraction of sp³-hybridized carbons (Fsp3) is 0.364. The quantitative estimate of drug-likeness (QED) is 0.798. The minimum absolute atomic E-state index is 0.00688. The van der Waals surface area contributed by atoms with Crippen molar-refractivity contribution in [2.45, 2.75) is 6.04 Å². The molecule has 0 bridgehead atoms. The van der Waals surface area contributed by atoms with Crippen LogP contribution in [-0.2, 0) is 4.79 Å². The Morgan fingerprint density at radius 3 is 3.25 bits per heavy atom. The Morgan fingerprint density at radius 1 is 1.50 bits per heavy atom. The predicted molar refractivity (Wildman–Crippen MR) is 71.2 cm³/mol. The van der Waals surface area contributed by atoms with Crippen LogP contribution in [0.25, 0.3) is 0 Å². The Balaban J connectivity index is 2.06. The maximum Gasteiger partial charge on any atom is 0.247 e. The van der Waals surface area contributed by atoms with E-state index in [4.69, 9.17) is 0 Å². The molecule has 0 radical (unpaired) electrons. The fourth-order valence-corrected chi connectivity index (χ4v) is 3.59. The SMILES string of the molecule is O=C1Nc2cc(Br)ccc2N2CCSCC12. The molecule has 3 rings (SSSR count). The van der Waals surface area contributed by atoms with Crippen LogP contribution in [0.3, 0.4) is 0 Å². The summed E-state index contributed by atoms with van der Waals surface area (Å²) >= 11 is 5.27. The zero-order valence-corrected chi connectivity index (χ0v) is 11.0. The summed E-state index contributed by atoms with van der Waals surface area (Å²) < 4.78 is 0.997. The third-order valence-electron chi connectivity index (χ3n) is 2.96. The van der Waals surface area contributed by atoms with Gasteiger partial charge in [-0.1, -0.05) is 15.9 Å². The first-order valence-electron chi connectivity index (χ1n) is 5.20. The highest BCUT2D eigenvalue weighted by atomic mass is 79.9. The summed E-state index contributed by atoms with van der Waals surface area (Å²) in [5.74, 6) is 2.11. The molecule has 2 aliphatic rings. The summed E-state index contributed by atoms with van der Waals surface area (Å²) in [4.78, 5) is 14.1. The third kappa shape index (κ3) is 1.62. The van der Waals surface area contributed by atoms with E-state index in [1.165, 1.54) is 0 Å². The zero-order chi connectivity index (χ0) is 11.1. The van der Waals surface area contributed by atoms with Gasteiger partial charge in [-0.3, -0.25) is 4.79 Å². The Hall–Kier alpha value is -0.680. The van der Waals surface area contributed by atoms with Crippen LogP contribution >= 0.6 is 27.7 Å². The number of rotatable bonds is 0. The van der Waals surface area contributed by atoms with Gasteiger partial charge in [-0.05, 0) is 18.2 Å². The second kappa shape index (κ2) is 3.96. The monoisotopic (exact) mass is 298 g/mol. The standard InChI is InChI=1S/C11H11BrN2OS/c12-7-1-2-9-8(5-7)13-11(15)10-6-16-4-3-14(9)10/h1-2,5,10H,3-4,6H2,(H,13,15). The van der Waals surface area contributed by atoms with Crippen LogP contribution in [0.15, 0.2) is 22.7 Å². The van der Waals surface area contributed by atoms with Crippen LogP contribution in [0.4, 0.5) is 11.4 Å². The van der Waals surface area contributed by atoms with Crippen LogP contribution in [0.2, 0.25) is 0 Å². The number of thioether (sulfide) groups is 1. The molecule has 84 valence electrons. The second-order valence-corrected chi connectivity index (χ2v) is 6.00. The van der Waals surface area contributed by atoms with Crippen molar-refractivity contribution in [2.24, 2.45) is 0 Å². The molecule has 16 heavy (non-hydrogen) atoms. The number of carbonyl (C=O) groups excluding carboxylic acids is 1. The molecule has 3 nitrogen and oxygen atoms in total. The minimum Gasteiger partial charge on any atom is -0.356 e. The molecular formula is C11H11BrN2OS. The molecule has 0 aromatic heterocycles. The lowest BCUT2D eigenvalue weighted by atomic mass is 10.1. The van der Waals surface area contributed by atoms with E-state index >= 15 is 0 Å². The Morgan fingerprint density at radius 2 is 2.38 bits per heavy atom. The normalized spacial score (nSPS) is 23.4. The van der Waals surface area contributed by atoms with Crippen molar-refractivity contribution in [2.75, 3.05) is 28.3 Å². The van der Waals surface area contributed by atoms with Crippen LogP contribution in [0.5, 0.6) is 0 Å². The van der Waals surface area contributed by atoms with Gasteiger partial charge in [-0.25, -0.2) is 0 Å². The maximum absolute atomic E-state index is 11.9.